The minimum absolute atomic E-state index is 0.268. The van der Waals surface area contributed by atoms with Crippen molar-refractivity contribution in [3.63, 3.8) is 0 Å². The van der Waals surface area contributed by atoms with Gasteiger partial charge >= 0.3 is 23.9 Å². The van der Waals surface area contributed by atoms with Gasteiger partial charge in [0.15, 0.2) is 0 Å². The van der Waals surface area contributed by atoms with Crippen LogP contribution in [0.4, 0.5) is 39.5 Å². The third-order valence-corrected chi connectivity index (χ3v) is 3.61. The summed E-state index contributed by atoms with van der Waals surface area (Å²) in [4.78, 5) is 11.7. The van der Waals surface area contributed by atoms with Gasteiger partial charge in [-0.3, -0.25) is 4.79 Å². The number of carbonyl (C=O) groups excluding carboxylic acids is 1. The number of alkyl halides is 9. The van der Waals surface area contributed by atoms with Gasteiger partial charge in [-0.25, -0.2) is 0 Å². The van der Waals surface area contributed by atoms with Crippen molar-refractivity contribution < 1.29 is 44.3 Å². The smallest absolute Gasteiger partial charge is 0.287 e. The lowest BCUT2D eigenvalue weighted by Crippen LogP contribution is -2.63. The van der Waals surface area contributed by atoms with Crippen LogP contribution in [-0.4, -0.2) is 29.7 Å². The number of halogens is 10. The van der Waals surface area contributed by atoms with E-state index in [0.29, 0.717) is 0 Å². The van der Waals surface area contributed by atoms with E-state index < -0.39 is 35.3 Å². The highest BCUT2D eigenvalue weighted by molar-refractivity contribution is 9.10. The van der Waals surface area contributed by atoms with Crippen molar-refractivity contribution in [1.29, 1.82) is 0 Å². The minimum atomic E-state index is -7.10. The monoisotopic (exact) mass is 430 g/mol. The van der Waals surface area contributed by atoms with Gasteiger partial charge in [-0.1, -0.05) is 15.9 Å². The normalized spacial score (nSPS) is 14.0. The number of hydrogen-bond donors (Lipinski definition) is 0. The third kappa shape index (κ3) is 3.02. The summed E-state index contributed by atoms with van der Waals surface area (Å²) in [6, 6.07) is 2.10. The van der Waals surface area contributed by atoms with Gasteiger partial charge < -0.3 is 0 Å². The highest BCUT2D eigenvalue weighted by Crippen LogP contribution is 2.54. The summed E-state index contributed by atoms with van der Waals surface area (Å²) >= 11 is 2.93. The average Bonchev–Trinajstić information content (AvgIpc) is 2.35. The van der Waals surface area contributed by atoms with Gasteiger partial charge in [-0.2, -0.15) is 39.5 Å². The summed E-state index contributed by atoms with van der Waals surface area (Å²) in [5, 5.41) is 0. The Morgan fingerprint density at radius 2 is 1.21 bits per heavy atom. The lowest BCUT2D eigenvalue weighted by Gasteiger charge is -2.33. The van der Waals surface area contributed by atoms with E-state index in [9.17, 15) is 44.3 Å². The molecule has 0 bridgehead atoms. The van der Waals surface area contributed by atoms with E-state index in [1.54, 1.807) is 0 Å². The number of hydrogen-bond acceptors (Lipinski definition) is 1. The molecule has 0 unspecified atom stereocenters. The first-order valence-electron chi connectivity index (χ1n) is 6.00. The molecule has 0 aromatic heterocycles. The first-order chi connectivity index (χ1) is 10.5. The van der Waals surface area contributed by atoms with Crippen LogP contribution in [0.25, 0.3) is 0 Å². The summed E-state index contributed by atoms with van der Waals surface area (Å²) < 4.78 is 116. The second-order valence-corrected chi connectivity index (χ2v) is 5.88. The van der Waals surface area contributed by atoms with Crippen LogP contribution in [0.15, 0.2) is 16.6 Å². The van der Waals surface area contributed by atoms with E-state index in [1.165, 1.54) is 0 Å². The van der Waals surface area contributed by atoms with Crippen LogP contribution < -0.4 is 0 Å². The van der Waals surface area contributed by atoms with Gasteiger partial charge in [0.05, 0.1) is 0 Å². The number of carbonyl (C=O) groups is 1. The van der Waals surface area contributed by atoms with Crippen LogP contribution in [0.1, 0.15) is 21.5 Å². The zero-order valence-corrected chi connectivity index (χ0v) is 13.4. The molecule has 0 fully saturated rings. The summed E-state index contributed by atoms with van der Waals surface area (Å²) in [5.41, 5.74) is -1.64. The summed E-state index contributed by atoms with van der Waals surface area (Å²) in [6.45, 7) is 2.09. The molecule has 0 saturated carbocycles. The predicted molar refractivity (Wildman–Crippen MR) is 68.8 cm³/mol. The maximum atomic E-state index is 13.7. The molecule has 0 aliphatic heterocycles. The van der Waals surface area contributed by atoms with Crippen molar-refractivity contribution in [1.82, 2.24) is 0 Å². The number of ketones is 1. The zero-order chi connectivity index (χ0) is 19.3. The van der Waals surface area contributed by atoms with Crippen molar-refractivity contribution in [3.05, 3.63) is 33.3 Å². The molecule has 1 nitrogen and oxygen atoms in total. The Morgan fingerprint density at radius 1 is 0.833 bits per heavy atom. The lowest BCUT2D eigenvalue weighted by molar-refractivity contribution is -0.386. The lowest BCUT2D eigenvalue weighted by atomic mass is 9.91. The van der Waals surface area contributed by atoms with Crippen LogP contribution in [0.2, 0.25) is 0 Å². The van der Waals surface area contributed by atoms with Gasteiger partial charge in [0.1, 0.15) is 0 Å². The second kappa shape index (κ2) is 5.92. The molecule has 0 aliphatic rings. The topological polar surface area (TPSA) is 17.1 Å². The maximum absolute atomic E-state index is 13.7. The SMILES string of the molecule is Cc1cc(Br)cc(C)c1C(=O)C(F)(F)C(F)(F)C(F)(F)C(F)(F)F. The second-order valence-electron chi connectivity index (χ2n) is 4.96. The molecule has 1 aromatic carbocycles. The van der Waals surface area contributed by atoms with Crippen LogP contribution in [-0.2, 0) is 0 Å². The number of Topliss-reactive ketones (excluding diaryl/α,β-unsaturated/α-hetero) is 1. The Hall–Kier alpha value is -1.26. The van der Waals surface area contributed by atoms with Crippen molar-refractivity contribution >= 4 is 21.7 Å². The van der Waals surface area contributed by atoms with E-state index in [4.69, 9.17) is 0 Å². The van der Waals surface area contributed by atoms with E-state index in [2.05, 4.69) is 15.9 Å². The summed E-state index contributed by atoms with van der Waals surface area (Å²) in [7, 11) is 0. The quantitative estimate of drug-likeness (QED) is 0.441. The Balaban J connectivity index is 3.52. The molecule has 0 amide bonds. The molecule has 1 aromatic rings. The Morgan fingerprint density at radius 3 is 1.54 bits per heavy atom. The molecule has 0 atom stereocenters. The zero-order valence-electron chi connectivity index (χ0n) is 11.8. The Labute approximate surface area is 138 Å². The predicted octanol–water partition coefficient (Wildman–Crippen LogP) is 5.72. The number of rotatable bonds is 4. The van der Waals surface area contributed by atoms with Gasteiger partial charge in [-0.05, 0) is 37.1 Å². The first-order valence-corrected chi connectivity index (χ1v) is 6.79. The molecule has 0 N–H and O–H groups in total. The van der Waals surface area contributed by atoms with Crippen LogP contribution in [0.3, 0.4) is 0 Å². The van der Waals surface area contributed by atoms with Gasteiger partial charge in [0.2, 0.25) is 5.78 Å². The van der Waals surface area contributed by atoms with E-state index in [0.717, 1.165) is 26.0 Å². The fourth-order valence-corrected chi connectivity index (χ4v) is 2.63. The van der Waals surface area contributed by atoms with Gasteiger partial charge in [-0.15, -0.1) is 0 Å². The average molecular weight is 431 g/mol. The minimum Gasteiger partial charge on any atom is -0.287 e. The molecule has 0 radical (unpaired) electrons. The van der Waals surface area contributed by atoms with E-state index >= 15 is 0 Å². The summed E-state index contributed by atoms with van der Waals surface area (Å²) in [6.07, 6.45) is -6.97. The van der Waals surface area contributed by atoms with Crippen molar-refractivity contribution in [2.24, 2.45) is 0 Å². The van der Waals surface area contributed by atoms with Crippen molar-refractivity contribution in [2.45, 2.75) is 37.8 Å². The fourth-order valence-electron chi connectivity index (χ4n) is 1.94. The largest absolute Gasteiger partial charge is 0.460 e. The molecule has 0 spiro atoms. The van der Waals surface area contributed by atoms with E-state index in [1.807, 2.05) is 0 Å². The van der Waals surface area contributed by atoms with Crippen molar-refractivity contribution in [3.8, 4) is 0 Å². The molecular formula is C13H8BrF9O. The Bertz CT molecular complexity index is 641. The number of benzene rings is 1. The number of aryl methyl sites for hydroxylation is 2. The Kier molecular flexibility index (Phi) is 5.13. The molecule has 0 heterocycles. The molecule has 1 rings (SSSR count). The molecule has 11 heteroatoms. The van der Waals surface area contributed by atoms with E-state index in [-0.39, 0.29) is 15.6 Å². The fraction of sp³-hybridized carbons (Fsp3) is 0.462. The third-order valence-electron chi connectivity index (χ3n) is 3.15. The summed E-state index contributed by atoms with van der Waals surface area (Å²) in [5.74, 6) is -23.2. The maximum Gasteiger partial charge on any atom is 0.460 e. The molecule has 0 aliphatic carbocycles. The standard InChI is InChI=1S/C13H8BrF9O/c1-5-3-7(14)4-6(2)8(5)9(24)10(15,16)11(17,18)12(19,20)13(21,22)23/h3-4H,1-2H3. The molecule has 24 heavy (non-hydrogen) atoms. The molecular weight excluding hydrogens is 423 g/mol. The van der Waals surface area contributed by atoms with Crippen LogP contribution in [0, 0.1) is 13.8 Å². The van der Waals surface area contributed by atoms with Gasteiger partial charge in [0, 0.05) is 10.0 Å². The highest BCUT2D eigenvalue weighted by Gasteiger charge is 2.83. The highest BCUT2D eigenvalue weighted by atomic mass is 79.9. The molecule has 136 valence electrons. The molecule has 0 saturated heterocycles. The van der Waals surface area contributed by atoms with Gasteiger partial charge in [0.25, 0.3) is 0 Å². The van der Waals surface area contributed by atoms with Crippen LogP contribution in [0.5, 0.6) is 0 Å². The van der Waals surface area contributed by atoms with Crippen LogP contribution >= 0.6 is 15.9 Å². The first kappa shape index (κ1) is 20.8. The van der Waals surface area contributed by atoms with Crippen molar-refractivity contribution in [2.75, 3.05) is 0 Å².